The molecule has 1 rings (SSSR count). The molecule has 0 spiro atoms. The summed E-state index contributed by atoms with van der Waals surface area (Å²) >= 11 is 0. The summed E-state index contributed by atoms with van der Waals surface area (Å²) in [6.45, 7) is 14.0. The third-order valence-corrected chi connectivity index (χ3v) is 10.5. The van der Waals surface area contributed by atoms with E-state index in [2.05, 4.69) is 62.2 Å². The van der Waals surface area contributed by atoms with Crippen LogP contribution in [0.15, 0.2) is 36.4 Å². The maximum atomic E-state index is 2.63. The molecular formula is C15H29NSi2. The molecule has 0 heterocycles. The smallest absolute Gasteiger partial charge is 0.111 e. The third kappa shape index (κ3) is 7.64. The highest BCUT2D eigenvalue weighted by Gasteiger charge is 2.21. The highest BCUT2D eigenvalue weighted by molar-refractivity contribution is 6.82. The molecule has 0 saturated heterocycles. The van der Waals surface area contributed by atoms with Gasteiger partial charge in [0.05, 0.1) is 8.96 Å². The summed E-state index contributed by atoms with van der Waals surface area (Å²) in [4.78, 5) is 0. The highest BCUT2D eigenvalue weighted by atomic mass is 28.4. The monoisotopic (exact) mass is 279 g/mol. The van der Waals surface area contributed by atoms with Crippen molar-refractivity contribution >= 4 is 23.3 Å². The zero-order valence-corrected chi connectivity index (χ0v) is 15.2. The second-order valence-electron chi connectivity index (χ2n) is 5.79. The van der Waals surface area contributed by atoms with Gasteiger partial charge in [-0.2, -0.15) is 0 Å². The molecular weight excluding hydrogens is 250 g/mol. The van der Waals surface area contributed by atoms with Gasteiger partial charge in [0, 0.05) is 0 Å². The molecule has 0 aromatic heterocycles. The molecule has 0 aliphatic heterocycles. The average molecular weight is 280 g/mol. The van der Waals surface area contributed by atoms with Crippen molar-refractivity contribution in [3.05, 3.63) is 42.0 Å². The predicted molar refractivity (Wildman–Crippen MR) is 91.1 cm³/mol. The van der Waals surface area contributed by atoms with Crippen LogP contribution >= 0.6 is 0 Å². The van der Waals surface area contributed by atoms with Crippen LogP contribution in [0.2, 0.25) is 32.7 Å². The summed E-state index contributed by atoms with van der Waals surface area (Å²) in [5.74, 6) is 0. The molecule has 0 bridgehead atoms. The number of nitrogens with zero attached hydrogens (tertiary/aromatic N) is 1. The normalized spacial score (nSPS) is 11.8. The molecule has 0 amide bonds. The van der Waals surface area contributed by atoms with E-state index in [1.165, 1.54) is 5.56 Å². The number of hydrogen-bond donors (Lipinski definition) is 0. The van der Waals surface area contributed by atoms with Crippen LogP contribution in [0.4, 0.5) is 0 Å². The molecule has 1 aromatic rings. The van der Waals surface area contributed by atoms with Gasteiger partial charge in [-0.15, -0.1) is 0 Å². The highest BCUT2D eigenvalue weighted by Crippen LogP contribution is 2.07. The van der Waals surface area contributed by atoms with E-state index in [0.717, 1.165) is 0 Å². The van der Waals surface area contributed by atoms with Crippen LogP contribution in [0.3, 0.4) is 0 Å². The molecule has 0 atom stereocenters. The number of benzene rings is 1. The maximum Gasteiger partial charge on any atom is 0.111 e. The van der Waals surface area contributed by atoms with Crippen molar-refractivity contribution in [3.8, 4) is 0 Å². The van der Waals surface area contributed by atoms with Gasteiger partial charge >= 0.3 is 0 Å². The Kier molecular flexibility index (Phi) is 8.15. The van der Waals surface area contributed by atoms with Gasteiger partial charge in [0.2, 0.25) is 0 Å². The summed E-state index contributed by atoms with van der Waals surface area (Å²) in [6, 6.07) is 10.3. The largest absolute Gasteiger partial charge is 0.351 e. The fraction of sp³-hybridized carbons (Fsp3) is 0.467. The molecule has 0 fully saturated rings. The summed E-state index contributed by atoms with van der Waals surface area (Å²) < 4.78 is 2.63. The van der Waals surface area contributed by atoms with Crippen LogP contribution in [0.1, 0.15) is 12.5 Å². The fourth-order valence-corrected chi connectivity index (χ4v) is 7.73. The standard InChI is InChI=1S/C9H10.C6H19NSi2/c1-2-6-9-7-4-3-5-8-9;1-7(8(2)3)9(4,5)6/h2-8H,1H3;8H,1-6H3. The Morgan fingerprint density at radius 3 is 1.83 bits per heavy atom. The average Bonchev–Trinajstić information content (AvgIpc) is 2.29. The van der Waals surface area contributed by atoms with Gasteiger partial charge in [-0.25, -0.2) is 0 Å². The van der Waals surface area contributed by atoms with Crippen LogP contribution in [-0.2, 0) is 0 Å². The lowest BCUT2D eigenvalue weighted by Crippen LogP contribution is -2.49. The van der Waals surface area contributed by atoms with Crippen molar-refractivity contribution < 1.29 is 0 Å². The Labute approximate surface area is 116 Å². The van der Waals surface area contributed by atoms with E-state index >= 15 is 0 Å². The lowest BCUT2D eigenvalue weighted by Gasteiger charge is -2.33. The molecule has 0 unspecified atom stereocenters. The van der Waals surface area contributed by atoms with Crippen molar-refractivity contribution in [1.29, 1.82) is 0 Å². The zero-order valence-electron chi connectivity index (χ0n) is 13.1. The zero-order chi connectivity index (χ0) is 14.2. The first-order valence-corrected chi connectivity index (χ1v) is 13.0. The topological polar surface area (TPSA) is 3.24 Å². The maximum absolute atomic E-state index is 2.63. The van der Waals surface area contributed by atoms with Gasteiger partial charge < -0.3 is 4.23 Å². The van der Waals surface area contributed by atoms with Crippen molar-refractivity contribution in [2.75, 3.05) is 7.05 Å². The number of hydrogen-bond acceptors (Lipinski definition) is 1. The Morgan fingerprint density at radius 2 is 1.56 bits per heavy atom. The first kappa shape index (κ1) is 17.4. The third-order valence-electron chi connectivity index (χ3n) is 2.99. The Hall–Kier alpha value is -0.646. The minimum absolute atomic E-state index is 0.495. The molecule has 3 heteroatoms. The summed E-state index contributed by atoms with van der Waals surface area (Å²) in [5.41, 5.74) is 1.26. The predicted octanol–water partition coefficient (Wildman–Crippen LogP) is 4.46. The van der Waals surface area contributed by atoms with E-state index < -0.39 is 17.2 Å². The molecule has 0 aliphatic rings. The molecule has 1 nitrogen and oxygen atoms in total. The van der Waals surface area contributed by atoms with Gasteiger partial charge in [0.25, 0.3) is 0 Å². The summed E-state index contributed by atoms with van der Waals surface area (Å²) in [5, 5.41) is 0. The van der Waals surface area contributed by atoms with Crippen LogP contribution in [0.25, 0.3) is 6.08 Å². The van der Waals surface area contributed by atoms with Gasteiger partial charge in [0.15, 0.2) is 0 Å². The molecule has 0 saturated carbocycles. The van der Waals surface area contributed by atoms with Gasteiger partial charge in [-0.1, -0.05) is 75.2 Å². The van der Waals surface area contributed by atoms with Crippen molar-refractivity contribution in [3.63, 3.8) is 0 Å². The van der Waals surface area contributed by atoms with Crippen LogP contribution in [0, 0.1) is 0 Å². The first-order valence-electron chi connectivity index (χ1n) is 6.69. The molecule has 18 heavy (non-hydrogen) atoms. The number of allylic oxidation sites excluding steroid dienone is 1. The van der Waals surface area contributed by atoms with E-state index in [4.69, 9.17) is 0 Å². The van der Waals surface area contributed by atoms with Crippen LogP contribution in [0.5, 0.6) is 0 Å². The fourth-order valence-electron chi connectivity index (χ4n) is 1.53. The SMILES string of the molecule is CC=Cc1ccccc1.CN([SiH](C)C)[Si](C)(C)C. The van der Waals surface area contributed by atoms with Gasteiger partial charge in [0.1, 0.15) is 8.24 Å². The van der Waals surface area contributed by atoms with Crippen LogP contribution < -0.4 is 0 Å². The van der Waals surface area contributed by atoms with E-state index in [0.29, 0.717) is 0 Å². The van der Waals surface area contributed by atoms with Gasteiger partial charge in [-0.05, 0) is 19.5 Å². The van der Waals surface area contributed by atoms with Gasteiger partial charge in [-0.3, -0.25) is 0 Å². The molecule has 1 aromatic carbocycles. The molecule has 0 N–H and O–H groups in total. The van der Waals surface area contributed by atoms with Crippen molar-refractivity contribution in [1.82, 2.24) is 4.23 Å². The Balaban J connectivity index is 0.000000321. The Morgan fingerprint density at radius 1 is 1.06 bits per heavy atom. The molecule has 0 aliphatic carbocycles. The van der Waals surface area contributed by atoms with E-state index in [-0.39, 0.29) is 0 Å². The van der Waals surface area contributed by atoms with E-state index in [1.807, 2.05) is 31.2 Å². The second-order valence-corrected chi connectivity index (χ2v) is 14.3. The minimum Gasteiger partial charge on any atom is -0.351 e. The second kappa shape index (κ2) is 8.45. The number of rotatable bonds is 3. The summed E-state index contributed by atoms with van der Waals surface area (Å²) in [7, 11) is 0.858. The molecule has 0 radical (unpaired) electrons. The van der Waals surface area contributed by atoms with Crippen LogP contribution in [-0.4, -0.2) is 28.5 Å². The summed E-state index contributed by atoms with van der Waals surface area (Å²) in [6.07, 6.45) is 4.12. The van der Waals surface area contributed by atoms with E-state index in [1.54, 1.807) is 0 Å². The Bertz CT molecular complexity index is 339. The lowest BCUT2D eigenvalue weighted by molar-refractivity contribution is 0.784. The van der Waals surface area contributed by atoms with Crippen molar-refractivity contribution in [2.45, 2.75) is 39.7 Å². The van der Waals surface area contributed by atoms with Crippen molar-refractivity contribution in [2.24, 2.45) is 0 Å². The van der Waals surface area contributed by atoms with E-state index in [9.17, 15) is 0 Å². The minimum atomic E-state index is -0.929. The first-order chi connectivity index (χ1) is 8.29. The lowest BCUT2D eigenvalue weighted by atomic mass is 10.2. The molecule has 102 valence electrons. The quantitative estimate of drug-likeness (QED) is 0.739.